The van der Waals surface area contributed by atoms with Crippen molar-refractivity contribution in [3.8, 4) is 0 Å². The Morgan fingerprint density at radius 3 is 2.71 bits per heavy atom. The van der Waals surface area contributed by atoms with E-state index in [1.807, 2.05) is 32.0 Å². The van der Waals surface area contributed by atoms with Gasteiger partial charge in [0.1, 0.15) is 5.82 Å². The smallest absolute Gasteiger partial charge is 0.253 e. The lowest BCUT2D eigenvalue weighted by Gasteiger charge is -2.12. The Morgan fingerprint density at radius 1 is 1.19 bits per heavy atom. The molecule has 21 heavy (non-hydrogen) atoms. The molecule has 2 aromatic carbocycles. The Morgan fingerprint density at radius 2 is 2.00 bits per heavy atom. The first-order valence-corrected chi connectivity index (χ1v) is 6.97. The molecule has 0 aliphatic heterocycles. The topological polar surface area (TPSA) is 41.1 Å². The highest BCUT2D eigenvalue weighted by Crippen LogP contribution is 2.17. The highest BCUT2D eigenvalue weighted by Gasteiger charge is 2.11. The van der Waals surface area contributed by atoms with Crippen LogP contribution in [0.2, 0.25) is 0 Å². The summed E-state index contributed by atoms with van der Waals surface area (Å²) >= 11 is 0. The lowest BCUT2D eigenvalue weighted by molar-refractivity contribution is 0.0951. The van der Waals surface area contributed by atoms with Crippen LogP contribution in [0.3, 0.4) is 0 Å². The molecular formula is C17H19FN2O. The van der Waals surface area contributed by atoms with Gasteiger partial charge in [-0.2, -0.15) is 0 Å². The molecule has 0 aliphatic carbocycles. The van der Waals surface area contributed by atoms with Crippen LogP contribution >= 0.6 is 0 Å². The highest BCUT2D eigenvalue weighted by molar-refractivity contribution is 5.99. The zero-order valence-corrected chi connectivity index (χ0v) is 12.2. The van der Waals surface area contributed by atoms with Crippen molar-refractivity contribution in [2.45, 2.75) is 20.4 Å². The second kappa shape index (κ2) is 6.88. The molecule has 0 aliphatic rings. The van der Waals surface area contributed by atoms with E-state index < -0.39 is 0 Å². The molecule has 0 saturated carbocycles. The summed E-state index contributed by atoms with van der Waals surface area (Å²) in [6.45, 7) is 4.97. The number of anilines is 1. The van der Waals surface area contributed by atoms with Crippen LogP contribution in [-0.2, 0) is 6.54 Å². The van der Waals surface area contributed by atoms with E-state index >= 15 is 0 Å². The molecule has 0 spiro atoms. The number of aryl methyl sites for hydroxylation is 1. The van der Waals surface area contributed by atoms with Crippen molar-refractivity contribution in [1.29, 1.82) is 0 Å². The minimum absolute atomic E-state index is 0.168. The van der Waals surface area contributed by atoms with Crippen LogP contribution in [0.1, 0.15) is 28.4 Å². The monoisotopic (exact) mass is 286 g/mol. The molecule has 2 N–H and O–H groups in total. The number of carbonyl (C=O) groups is 1. The normalized spacial score (nSPS) is 10.2. The summed E-state index contributed by atoms with van der Waals surface area (Å²) < 4.78 is 13.1. The van der Waals surface area contributed by atoms with Gasteiger partial charge in [0, 0.05) is 18.8 Å². The molecule has 0 heterocycles. The summed E-state index contributed by atoms with van der Waals surface area (Å²) in [6.07, 6.45) is 0. The molecule has 0 bridgehead atoms. The van der Waals surface area contributed by atoms with E-state index in [0.29, 0.717) is 12.1 Å². The SMILES string of the molecule is CCNc1ccc(C)cc1C(=O)NCc1cccc(F)c1. The van der Waals surface area contributed by atoms with Crippen molar-refractivity contribution >= 4 is 11.6 Å². The zero-order valence-electron chi connectivity index (χ0n) is 12.2. The second-order valence-electron chi connectivity index (χ2n) is 4.89. The maximum absolute atomic E-state index is 13.1. The summed E-state index contributed by atoms with van der Waals surface area (Å²) in [5.41, 5.74) is 3.17. The third kappa shape index (κ3) is 4.05. The van der Waals surface area contributed by atoms with E-state index in [9.17, 15) is 9.18 Å². The van der Waals surface area contributed by atoms with Gasteiger partial charge in [0.15, 0.2) is 0 Å². The average molecular weight is 286 g/mol. The molecule has 0 fully saturated rings. The Bertz CT molecular complexity index is 640. The van der Waals surface area contributed by atoms with Crippen LogP contribution in [0.4, 0.5) is 10.1 Å². The number of benzene rings is 2. The lowest BCUT2D eigenvalue weighted by atomic mass is 10.1. The van der Waals surface area contributed by atoms with Gasteiger partial charge in [0.05, 0.1) is 5.56 Å². The number of halogens is 1. The van der Waals surface area contributed by atoms with E-state index in [0.717, 1.165) is 23.4 Å². The molecule has 3 nitrogen and oxygen atoms in total. The Labute approximate surface area is 124 Å². The molecule has 0 atom stereocenters. The van der Waals surface area contributed by atoms with Crippen molar-refractivity contribution in [1.82, 2.24) is 5.32 Å². The van der Waals surface area contributed by atoms with Gasteiger partial charge < -0.3 is 10.6 Å². The highest BCUT2D eigenvalue weighted by atomic mass is 19.1. The maximum Gasteiger partial charge on any atom is 0.253 e. The van der Waals surface area contributed by atoms with Crippen molar-refractivity contribution in [2.75, 3.05) is 11.9 Å². The van der Waals surface area contributed by atoms with E-state index in [1.54, 1.807) is 12.1 Å². The third-order valence-corrected chi connectivity index (χ3v) is 3.13. The first kappa shape index (κ1) is 15.0. The summed E-state index contributed by atoms with van der Waals surface area (Å²) in [5, 5.41) is 5.99. The van der Waals surface area contributed by atoms with Crippen molar-refractivity contribution in [3.63, 3.8) is 0 Å². The van der Waals surface area contributed by atoms with E-state index in [1.165, 1.54) is 12.1 Å². The predicted octanol–water partition coefficient (Wildman–Crippen LogP) is 3.50. The van der Waals surface area contributed by atoms with E-state index in [-0.39, 0.29) is 11.7 Å². The number of amides is 1. The van der Waals surface area contributed by atoms with Crippen molar-refractivity contribution < 1.29 is 9.18 Å². The lowest BCUT2D eigenvalue weighted by Crippen LogP contribution is -2.24. The largest absolute Gasteiger partial charge is 0.385 e. The molecule has 0 unspecified atom stereocenters. The fourth-order valence-corrected chi connectivity index (χ4v) is 2.12. The molecule has 2 aromatic rings. The molecule has 0 aromatic heterocycles. The van der Waals surface area contributed by atoms with E-state index in [4.69, 9.17) is 0 Å². The van der Waals surface area contributed by atoms with Crippen molar-refractivity contribution in [3.05, 3.63) is 65.0 Å². The van der Waals surface area contributed by atoms with Gasteiger partial charge in [-0.15, -0.1) is 0 Å². The first-order chi connectivity index (χ1) is 10.1. The number of hydrogen-bond acceptors (Lipinski definition) is 2. The van der Waals surface area contributed by atoms with Crippen LogP contribution in [0.5, 0.6) is 0 Å². The molecule has 0 saturated heterocycles. The molecule has 2 rings (SSSR count). The van der Waals surface area contributed by atoms with Gasteiger partial charge in [0.25, 0.3) is 5.91 Å². The summed E-state index contributed by atoms with van der Waals surface area (Å²) in [6, 6.07) is 11.9. The average Bonchev–Trinajstić information content (AvgIpc) is 2.47. The van der Waals surface area contributed by atoms with E-state index in [2.05, 4.69) is 10.6 Å². The first-order valence-electron chi connectivity index (χ1n) is 6.97. The molecule has 1 amide bonds. The van der Waals surface area contributed by atoms with Crippen LogP contribution in [0, 0.1) is 12.7 Å². The number of carbonyl (C=O) groups excluding carboxylic acids is 1. The number of hydrogen-bond donors (Lipinski definition) is 2. The minimum atomic E-state index is -0.300. The number of nitrogens with one attached hydrogen (secondary N) is 2. The van der Waals surface area contributed by atoms with Crippen LogP contribution in [0.15, 0.2) is 42.5 Å². The summed E-state index contributed by atoms with van der Waals surface area (Å²) in [4.78, 5) is 12.3. The third-order valence-electron chi connectivity index (χ3n) is 3.13. The zero-order chi connectivity index (χ0) is 15.2. The van der Waals surface area contributed by atoms with Crippen molar-refractivity contribution in [2.24, 2.45) is 0 Å². The number of rotatable bonds is 5. The molecule has 4 heteroatoms. The minimum Gasteiger partial charge on any atom is -0.385 e. The summed E-state index contributed by atoms with van der Waals surface area (Å²) in [5.74, 6) is -0.468. The van der Waals surface area contributed by atoms with Gasteiger partial charge in [0.2, 0.25) is 0 Å². The van der Waals surface area contributed by atoms with Crippen LogP contribution < -0.4 is 10.6 Å². The molecule has 110 valence electrons. The van der Waals surface area contributed by atoms with Gasteiger partial charge in [-0.05, 0) is 43.7 Å². The Hall–Kier alpha value is -2.36. The van der Waals surface area contributed by atoms with Gasteiger partial charge in [-0.25, -0.2) is 4.39 Å². The fourth-order valence-electron chi connectivity index (χ4n) is 2.12. The van der Waals surface area contributed by atoms with Gasteiger partial charge >= 0.3 is 0 Å². The fraction of sp³-hybridized carbons (Fsp3) is 0.235. The van der Waals surface area contributed by atoms with Gasteiger partial charge in [-0.3, -0.25) is 4.79 Å². The van der Waals surface area contributed by atoms with Gasteiger partial charge in [-0.1, -0.05) is 23.8 Å². The molecular weight excluding hydrogens is 267 g/mol. The predicted molar refractivity (Wildman–Crippen MR) is 82.9 cm³/mol. The quantitative estimate of drug-likeness (QED) is 0.883. The van der Waals surface area contributed by atoms with Crippen LogP contribution in [-0.4, -0.2) is 12.5 Å². The second-order valence-corrected chi connectivity index (χ2v) is 4.89. The molecule has 0 radical (unpaired) electrons. The van der Waals surface area contributed by atoms with Crippen LogP contribution in [0.25, 0.3) is 0 Å². The maximum atomic E-state index is 13.1. The standard InChI is InChI=1S/C17H19FN2O/c1-3-19-16-8-7-12(2)9-15(16)17(21)20-11-13-5-4-6-14(18)10-13/h4-10,19H,3,11H2,1-2H3,(H,20,21). The summed E-state index contributed by atoms with van der Waals surface area (Å²) in [7, 11) is 0. The Balaban J connectivity index is 2.11. The Kier molecular flexibility index (Phi) is 4.93.